The summed E-state index contributed by atoms with van der Waals surface area (Å²) in [5.74, 6) is 1.03. The highest BCUT2D eigenvalue weighted by atomic mass is 14.8. The molecule has 1 fully saturated rings. The van der Waals surface area contributed by atoms with Gasteiger partial charge in [-0.3, -0.25) is 0 Å². The topological polar surface area (TPSA) is 35.8 Å². The van der Waals surface area contributed by atoms with E-state index in [0.29, 0.717) is 6.42 Å². The number of rotatable bonds is 6. The average molecular weight is 152 g/mol. The maximum Gasteiger partial charge on any atom is 0.0622 e. The lowest BCUT2D eigenvalue weighted by atomic mass is 10.3. The lowest BCUT2D eigenvalue weighted by molar-refractivity contribution is 0.599. The Morgan fingerprint density at radius 2 is 2.18 bits per heavy atom. The first-order valence-corrected chi connectivity index (χ1v) is 4.51. The van der Waals surface area contributed by atoms with Gasteiger partial charge in [0.05, 0.1) is 6.07 Å². The summed E-state index contributed by atoms with van der Waals surface area (Å²) >= 11 is 0. The van der Waals surface area contributed by atoms with Crippen LogP contribution in [0.15, 0.2) is 0 Å². The maximum atomic E-state index is 8.24. The summed E-state index contributed by atoms with van der Waals surface area (Å²) in [4.78, 5) is 0. The third kappa shape index (κ3) is 4.80. The van der Waals surface area contributed by atoms with Gasteiger partial charge in [-0.1, -0.05) is 12.8 Å². The summed E-state index contributed by atoms with van der Waals surface area (Å²) in [6.45, 7) is 2.16. The van der Waals surface area contributed by atoms with Gasteiger partial charge in [-0.05, 0) is 31.8 Å². The molecule has 0 aromatic heterocycles. The van der Waals surface area contributed by atoms with Gasteiger partial charge < -0.3 is 5.32 Å². The number of nitrogens with zero attached hydrogens (tertiary/aromatic N) is 1. The Balaban J connectivity index is 1.70. The minimum absolute atomic E-state index is 0.691. The Hall–Kier alpha value is -0.550. The van der Waals surface area contributed by atoms with E-state index in [1.165, 1.54) is 19.3 Å². The Labute approximate surface area is 68.6 Å². The first kappa shape index (κ1) is 8.55. The van der Waals surface area contributed by atoms with Crippen molar-refractivity contribution in [1.82, 2.24) is 5.32 Å². The standard InChI is InChI=1S/C9H16N2/c10-6-1-2-7-11-8-5-9-3-4-9/h9,11H,1-5,7-8H2. The number of hydrogen-bond acceptors (Lipinski definition) is 2. The van der Waals surface area contributed by atoms with Gasteiger partial charge in [-0.2, -0.15) is 5.26 Å². The van der Waals surface area contributed by atoms with Crippen molar-refractivity contribution in [2.75, 3.05) is 13.1 Å². The van der Waals surface area contributed by atoms with Crippen LogP contribution >= 0.6 is 0 Å². The quantitative estimate of drug-likeness (QED) is 0.588. The zero-order valence-electron chi connectivity index (χ0n) is 6.97. The van der Waals surface area contributed by atoms with Gasteiger partial charge in [0.15, 0.2) is 0 Å². The molecule has 0 heterocycles. The van der Waals surface area contributed by atoms with Crippen LogP contribution in [0.25, 0.3) is 0 Å². The number of nitriles is 1. The van der Waals surface area contributed by atoms with Crippen LogP contribution in [0.5, 0.6) is 0 Å². The SMILES string of the molecule is N#CCCCNCCC1CC1. The Morgan fingerprint density at radius 3 is 2.82 bits per heavy atom. The molecule has 0 spiro atoms. The third-order valence-electron chi connectivity index (χ3n) is 2.07. The normalized spacial score (nSPS) is 16.3. The number of unbranched alkanes of at least 4 members (excludes halogenated alkanes) is 1. The van der Waals surface area contributed by atoms with Crippen LogP contribution in [0.4, 0.5) is 0 Å². The zero-order valence-corrected chi connectivity index (χ0v) is 6.97. The lowest BCUT2D eigenvalue weighted by Crippen LogP contribution is -2.16. The molecular weight excluding hydrogens is 136 g/mol. The van der Waals surface area contributed by atoms with Crippen LogP contribution in [0.2, 0.25) is 0 Å². The van der Waals surface area contributed by atoms with E-state index in [1.807, 2.05) is 0 Å². The molecule has 0 saturated heterocycles. The summed E-state index contributed by atoms with van der Waals surface area (Å²) in [6.07, 6.45) is 5.92. The molecule has 11 heavy (non-hydrogen) atoms. The summed E-state index contributed by atoms with van der Waals surface area (Å²) in [5.41, 5.74) is 0. The molecule has 62 valence electrons. The molecule has 0 unspecified atom stereocenters. The summed E-state index contributed by atoms with van der Waals surface area (Å²) in [5, 5.41) is 11.6. The lowest BCUT2D eigenvalue weighted by Gasteiger charge is -2.00. The Kier molecular flexibility index (Phi) is 4.00. The Morgan fingerprint density at radius 1 is 1.36 bits per heavy atom. The van der Waals surface area contributed by atoms with E-state index in [0.717, 1.165) is 25.4 Å². The fourth-order valence-electron chi connectivity index (χ4n) is 1.13. The Bertz CT molecular complexity index is 133. The van der Waals surface area contributed by atoms with Crippen molar-refractivity contribution in [3.8, 4) is 6.07 Å². The summed E-state index contributed by atoms with van der Waals surface area (Å²) in [7, 11) is 0. The van der Waals surface area contributed by atoms with Gasteiger partial charge >= 0.3 is 0 Å². The monoisotopic (exact) mass is 152 g/mol. The largest absolute Gasteiger partial charge is 0.317 e. The maximum absolute atomic E-state index is 8.24. The van der Waals surface area contributed by atoms with Crippen molar-refractivity contribution in [3.05, 3.63) is 0 Å². The van der Waals surface area contributed by atoms with Crippen LogP contribution in [-0.4, -0.2) is 13.1 Å². The van der Waals surface area contributed by atoms with Gasteiger partial charge in [-0.25, -0.2) is 0 Å². The van der Waals surface area contributed by atoms with Crippen molar-refractivity contribution in [3.63, 3.8) is 0 Å². The molecule has 0 aromatic rings. The van der Waals surface area contributed by atoms with Crippen molar-refractivity contribution >= 4 is 0 Å². The predicted octanol–water partition coefficient (Wildman–Crippen LogP) is 1.68. The van der Waals surface area contributed by atoms with Gasteiger partial charge in [0.2, 0.25) is 0 Å². The highest BCUT2D eigenvalue weighted by Gasteiger charge is 2.19. The molecule has 1 aliphatic rings. The summed E-state index contributed by atoms with van der Waals surface area (Å²) in [6, 6.07) is 2.14. The molecule has 1 N–H and O–H groups in total. The number of hydrogen-bond donors (Lipinski definition) is 1. The fourth-order valence-corrected chi connectivity index (χ4v) is 1.13. The molecule has 0 aromatic carbocycles. The van der Waals surface area contributed by atoms with Crippen LogP contribution in [0.1, 0.15) is 32.1 Å². The van der Waals surface area contributed by atoms with Gasteiger partial charge in [0, 0.05) is 6.42 Å². The third-order valence-corrected chi connectivity index (χ3v) is 2.07. The summed E-state index contributed by atoms with van der Waals surface area (Å²) < 4.78 is 0. The zero-order chi connectivity index (χ0) is 7.94. The van der Waals surface area contributed by atoms with E-state index in [1.54, 1.807) is 0 Å². The van der Waals surface area contributed by atoms with E-state index in [4.69, 9.17) is 5.26 Å². The molecule has 0 atom stereocenters. The molecule has 2 heteroatoms. The molecular formula is C9H16N2. The van der Waals surface area contributed by atoms with Gasteiger partial charge in [0.25, 0.3) is 0 Å². The van der Waals surface area contributed by atoms with E-state index >= 15 is 0 Å². The minimum atomic E-state index is 0.691. The van der Waals surface area contributed by atoms with Crippen LogP contribution < -0.4 is 5.32 Å². The van der Waals surface area contributed by atoms with E-state index < -0.39 is 0 Å². The first-order chi connectivity index (χ1) is 5.43. The highest BCUT2D eigenvalue weighted by molar-refractivity contribution is 4.74. The molecule has 1 saturated carbocycles. The van der Waals surface area contributed by atoms with Crippen molar-refractivity contribution in [2.45, 2.75) is 32.1 Å². The second kappa shape index (κ2) is 5.15. The van der Waals surface area contributed by atoms with Gasteiger partial charge in [0.1, 0.15) is 0 Å². The van der Waals surface area contributed by atoms with E-state index in [-0.39, 0.29) is 0 Å². The minimum Gasteiger partial charge on any atom is -0.317 e. The predicted molar refractivity (Wildman–Crippen MR) is 45.1 cm³/mol. The molecule has 0 radical (unpaired) electrons. The molecule has 1 aliphatic carbocycles. The average Bonchev–Trinajstić information content (AvgIpc) is 2.80. The van der Waals surface area contributed by atoms with Crippen LogP contribution in [0.3, 0.4) is 0 Å². The van der Waals surface area contributed by atoms with Crippen molar-refractivity contribution in [2.24, 2.45) is 5.92 Å². The van der Waals surface area contributed by atoms with E-state index in [9.17, 15) is 0 Å². The molecule has 0 aliphatic heterocycles. The smallest absolute Gasteiger partial charge is 0.0622 e. The fraction of sp³-hybridized carbons (Fsp3) is 0.889. The molecule has 0 amide bonds. The van der Waals surface area contributed by atoms with E-state index in [2.05, 4.69) is 11.4 Å². The number of nitrogens with one attached hydrogen (secondary N) is 1. The van der Waals surface area contributed by atoms with Crippen molar-refractivity contribution < 1.29 is 0 Å². The van der Waals surface area contributed by atoms with Gasteiger partial charge in [-0.15, -0.1) is 0 Å². The molecule has 2 nitrogen and oxygen atoms in total. The first-order valence-electron chi connectivity index (χ1n) is 4.51. The molecule has 1 rings (SSSR count). The van der Waals surface area contributed by atoms with Crippen LogP contribution in [-0.2, 0) is 0 Å². The molecule has 0 bridgehead atoms. The second-order valence-corrected chi connectivity index (χ2v) is 3.24. The highest BCUT2D eigenvalue weighted by Crippen LogP contribution is 2.31. The van der Waals surface area contributed by atoms with Crippen LogP contribution in [0, 0.1) is 17.2 Å². The second-order valence-electron chi connectivity index (χ2n) is 3.24. The van der Waals surface area contributed by atoms with Crippen molar-refractivity contribution in [1.29, 1.82) is 5.26 Å².